The van der Waals surface area contributed by atoms with Gasteiger partial charge in [0.25, 0.3) is 0 Å². The monoisotopic (exact) mass is 164 g/mol. The fraction of sp³-hybridized carbons (Fsp3) is 0.667. The molecule has 1 rings (SSSR count). The van der Waals surface area contributed by atoms with E-state index in [1.807, 2.05) is 0 Å². The van der Waals surface area contributed by atoms with Crippen LogP contribution in [-0.4, -0.2) is 0 Å². The highest BCUT2D eigenvalue weighted by Gasteiger charge is 2.42. The van der Waals surface area contributed by atoms with Gasteiger partial charge in [0.05, 0.1) is 0 Å². The van der Waals surface area contributed by atoms with Crippen molar-refractivity contribution < 1.29 is 0 Å². The van der Waals surface area contributed by atoms with Gasteiger partial charge in [-0.05, 0) is 25.7 Å². The second kappa shape index (κ2) is 3.93. The van der Waals surface area contributed by atoms with Crippen molar-refractivity contribution in [3.05, 3.63) is 23.8 Å². The van der Waals surface area contributed by atoms with Gasteiger partial charge in [0, 0.05) is 5.92 Å². The van der Waals surface area contributed by atoms with Crippen LogP contribution in [0.1, 0.15) is 40.0 Å². The first kappa shape index (κ1) is 9.57. The van der Waals surface area contributed by atoms with Crippen molar-refractivity contribution in [2.45, 2.75) is 40.0 Å². The summed E-state index contributed by atoms with van der Waals surface area (Å²) in [6.45, 7) is 10.7. The van der Waals surface area contributed by atoms with Crippen LogP contribution in [0.15, 0.2) is 23.8 Å². The molecule has 2 atom stereocenters. The van der Waals surface area contributed by atoms with Gasteiger partial charge >= 0.3 is 0 Å². The minimum atomic E-state index is 0.741. The van der Waals surface area contributed by atoms with E-state index in [0.717, 1.165) is 11.8 Å². The topological polar surface area (TPSA) is 0 Å². The van der Waals surface area contributed by atoms with E-state index in [2.05, 4.69) is 33.4 Å². The molecule has 0 saturated heterocycles. The fourth-order valence-electron chi connectivity index (χ4n) is 2.13. The van der Waals surface area contributed by atoms with Gasteiger partial charge in [-0.15, -0.1) is 0 Å². The second-order valence-corrected chi connectivity index (χ2v) is 3.83. The third kappa shape index (κ3) is 1.80. The Morgan fingerprint density at radius 1 is 1.50 bits per heavy atom. The van der Waals surface area contributed by atoms with Gasteiger partial charge in [-0.2, -0.15) is 0 Å². The smallest absolute Gasteiger partial charge is 0.00703 e. The highest BCUT2D eigenvalue weighted by molar-refractivity contribution is 5.37. The maximum Gasteiger partial charge on any atom is 0.00703 e. The van der Waals surface area contributed by atoms with Crippen molar-refractivity contribution in [3.63, 3.8) is 0 Å². The Kier molecular flexibility index (Phi) is 3.13. The molecule has 0 aromatic heterocycles. The van der Waals surface area contributed by atoms with Crippen molar-refractivity contribution in [1.29, 1.82) is 0 Å². The summed E-state index contributed by atoms with van der Waals surface area (Å²) in [6, 6.07) is 0. The zero-order chi connectivity index (χ0) is 9.14. The van der Waals surface area contributed by atoms with Crippen LogP contribution in [0.3, 0.4) is 0 Å². The van der Waals surface area contributed by atoms with Crippen molar-refractivity contribution in [2.24, 2.45) is 11.8 Å². The minimum Gasteiger partial charge on any atom is -0.0995 e. The molecule has 1 aliphatic rings. The van der Waals surface area contributed by atoms with Crippen molar-refractivity contribution in [1.82, 2.24) is 0 Å². The summed E-state index contributed by atoms with van der Waals surface area (Å²) in [5.74, 6) is 1.59. The lowest BCUT2D eigenvalue weighted by Crippen LogP contribution is -1.81. The zero-order valence-corrected chi connectivity index (χ0v) is 8.56. The first-order valence-electron chi connectivity index (χ1n) is 5.07. The molecule has 0 bridgehead atoms. The Morgan fingerprint density at radius 2 is 2.17 bits per heavy atom. The molecular formula is C12H20. The molecule has 1 fully saturated rings. The predicted molar refractivity (Wildman–Crippen MR) is 55.1 cm³/mol. The maximum atomic E-state index is 4.04. The van der Waals surface area contributed by atoms with E-state index in [9.17, 15) is 0 Å². The molecule has 2 unspecified atom stereocenters. The molecule has 0 heteroatoms. The van der Waals surface area contributed by atoms with E-state index in [1.54, 1.807) is 5.57 Å². The summed E-state index contributed by atoms with van der Waals surface area (Å²) in [5, 5.41) is 0. The molecule has 1 aliphatic carbocycles. The number of rotatable bonds is 4. The number of allylic oxidation sites excluding steroid dienone is 3. The molecule has 0 N–H and O–H groups in total. The van der Waals surface area contributed by atoms with Crippen LogP contribution in [0.5, 0.6) is 0 Å². The lowest BCUT2D eigenvalue weighted by atomic mass is 10.1. The first-order chi connectivity index (χ1) is 5.72. The van der Waals surface area contributed by atoms with Crippen LogP contribution in [0.25, 0.3) is 0 Å². The zero-order valence-electron chi connectivity index (χ0n) is 8.56. The highest BCUT2D eigenvalue weighted by atomic mass is 14.5. The van der Waals surface area contributed by atoms with Crippen molar-refractivity contribution >= 4 is 0 Å². The third-order valence-corrected chi connectivity index (χ3v) is 2.65. The molecule has 68 valence electrons. The van der Waals surface area contributed by atoms with Gasteiger partial charge in [0.2, 0.25) is 0 Å². The second-order valence-electron chi connectivity index (χ2n) is 3.83. The summed E-state index contributed by atoms with van der Waals surface area (Å²) >= 11 is 0. The summed E-state index contributed by atoms with van der Waals surface area (Å²) in [7, 11) is 0. The van der Waals surface area contributed by atoms with E-state index in [4.69, 9.17) is 0 Å². The Hall–Kier alpha value is -0.520. The number of hydrogen-bond donors (Lipinski definition) is 0. The molecular weight excluding hydrogens is 144 g/mol. The molecule has 12 heavy (non-hydrogen) atoms. The Labute approximate surface area is 76.4 Å². The van der Waals surface area contributed by atoms with Gasteiger partial charge in [0.1, 0.15) is 0 Å². The quantitative estimate of drug-likeness (QED) is 0.552. The largest absolute Gasteiger partial charge is 0.0995 e. The van der Waals surface area contributed by atoms with E-state index >= 15 is 0 Å². The van der Waals surface area contributed by atoms with Crippen molar-refractivity contribution in [2.75, 3.05) is 0 Å². The fourth-order valence-corrected chi connectivity index (χ4v) is 2.13. The Bertz CT molecular complexity index is 198. The lowest BCUT2D eigenvalue weighted by molar-refractivity contribution is 0.675. The van der Waals surface area contributed by atoms with Crippen LogP contribution in [0, 0.1) is 11.8 Å². The van der Waals surface area contributed by atoms with Gasteiger partial charge in [-0.1, -0.05) is 44.1 Å². The van der Waals surface area contributed by atoms with Crippen LogP contribution >= 0.6 is 0 Å². The standard InChI is InChI=1S/C12H20/c1-5-7-10-11(8-6-2)12(10)9(3)4/h7,11-12H,3,5-6,8H2,1-2,4H3. The summed E-state index contributed by atoms with van der Waals surface area (Å²) in [5.41, 5.74) is 3.01. The van der Waals surface area contributed by atoms with Gasteiger partial charge < -0.3 is 0 Å². The molecule has 0 aliphatic heterocycles. The molecule has 0 amide bonds. The highest BCUT2D eigenvalue weighted by Crippen LogP contribution is 2.52. The molecule has 1 saturated carbocycles. The van der Waals surface area contributed by atoms with Crippen LogP contribution in [-0.2, 0) is 0 Å². The normalized spacial score (nSPS) is 30.8. The maximum absolute atomic E-state index is 4.04. The van der Waals surface area contributed by atoms with Crippen LogP contribution < -0.4 is 0 Å². The lowest BCUT2D eigenvalue weighted by Gasteiger charge is -1.92. The van der Waals surface area contributed by atoms with E-state index in [-0.39, 0.29) is 0 Å². The molecule has 0 spiro atoms. The van der Waals surface area contributed by atoms with E-state index in [1.165, 1.54) is 24.8 Å². The molecule has 0 aromatic rings. The van der Waals surface area contributed by atoms with Crippen LogP contribution in [0.2, 0.25) is 0 Å². The van der Waals surface area contributed by atoms with E-state index < -0.39 is 0 Å². The van der Waals surface area contributed by atoms with Gasteiger partial charge in [0.15, 0.2) is 0 Å². The summed E-state index contributed by atoms with van der Waals surface area (Å²) in [4.78, 5) is 0. The third-order valence-electron chi connectivity index (χ3n) is 2.65. The SMILES string of the molecule is C=C(C)C1C(=CCC)C1CCC. The Morgan fingerprint density at radius 3 is 2.58 bits per heavy atom. The average molecular weight is 164 g/mol. The minimum absolute atomic E-state index is 0.741. The Balaban J connectivity index is 2.55. The van der Waals surface area contributed by atoms with Crippen LogP contribution in [0.4, 0.5) is 0 Å². The van der Waals surface area contributed by atoms with Gasteiger partial charge in [-0.25, -0.2) is 0 Å². The predicted octanol–water partition coefficient (Wildman–Crippen LogP) is 3.95. The number of hydrogen-bond acceptors (Lipinski definition) is 0. The van der Waals surface area contributed by atoms with Crippen molar-refractivity contribution in [3.8, 4) is 0 Å². The average Bonchev–Trinajstić information content (AvgIpc) is 2.65. The molecule has 0 nitrogen and oxygen atoms in total. The summed E-state index contributed by atoms with van der Waals surface area (Å²) < 4.78 is 0. The van der Waals surface area contributed by atoms with Gasteiger partial charge in [-0.3, -0.25) is 0 Å². The molecule has 0 aromatic carbocycles. The molecule has 0 radical (unpaired) electrons. The first-order valence-corrected chi connectivity index (χ1v) is 5.07. The molecule has 0 heterocycles. The summed E-state index contributed by atoms with van der Waals surface area (Å²) in [6.07, 6.45) is 6.22. The van der Waals surface area contributed by atoms with E-state index in [0.29, 0.717) is 0 Å².